The molecule has 2 aromatic rings. The van der Waals surface area contributed by atoms with Crippen LogP contribution >= 0.6 is 23.2 Å². The lowest BCUT2D eigenvalue weighted by molar-refractivity contribution is 0.323. The summed E-state index contributed by atoms with van der Waals surface area (Å²) in [6.45, 7) is 4.60. The van der Waals surface area contributed by atoms with Gasteiger partial charge in [-0.3, -0.25) is 0 Å². The van der Waals surface area contributed by atoms with Crippen molar-refractivity contribution in [2.24, 2.45) is 0 Å². The van der Waals surface area contributed by atoms with E-state index in [4.69, 9.17) is 27.9 Å². The maximum Gasteiger partial charge on any atom is 0.139 e. The van der Waals surface area contributed by atoms with Crippen molar-refractivity contribution in [3.8, 4) is 5.75 Å². The van der Waals surface area contributed by atoms with Gasteiger partial charge in [0.25, 0.3) is 0 Å². The van der Waals surface area contributed by atoms with Crippen molar-refractivity contribution in [1.29, 1.82) is 0 Å². The van der Waals surface area contributed by atoms with Gasteiger partial charge >= 0.3 is 0 Å². The van der Waals surface area contributed by atoms with E-state index in [0.717, 1.165) is 19.5 Å². The Bertz CT molecular complexity index is 575. The number of anilines is 1. The van der Waals surface area contributed by atoms with Gasteiger partial charge in [-0.1, -0.05) is 54.7 Å². The van der Waals surface area contributed by atoms with Gasteiger partial charge in [0, 0.05) is 23.3 Å². The molecule has 0 aliphatic heterocycles. The molecular formula is C18H21Cl2NO. The average Bonchev–Trinajstić information content (AvgIpc) is 2.54. The van der Waals surface area contributed by atoms with Crippen molar-refractivity contribution in [2.45, 2.75) is 19.8 Å². The molecule has 0 N–H and O–H groups in total. The zero-order chi connectivity index (χ0) is 15.8. The molecule has 0 bridgehead atoms. The molecule has 0 amide bonds. The molecule has 2 rings (SSSR count). The van der Waals surface area contributed by atoms with Crippen LogP contribution in [0.2, 0.25) is 10.0 Å². The third-order valence-electron chi connectivity index (χ3n) is 3.41. The quantitative estimate of drug-likeness (QED) is 0.614. The molecule has 0 aromatic heterocycles. The molecule has 2 nitrogen and oxygen atoms in total. The van der Waals surface area contributed by atoms with Crippen LogP contribution in [0.3, 0.4) is 0 Å². The summed E-state index contributed by atoms with van der Waals surface area (Å²) in [5.74, 6) is 0.637. The number of ether oxygens (including phenoxy) is 1. The molecule has 0 aliphatic carbocycles. The Balaban J connectivity index is 1.95. The van der Waals surface area contributed by atoms with E-state index in [0.29, 0.717) is 22.4 Å². The number of hydrogen-bond acceptors (Lipinski definition) is 2. The zero-order valence-electron chi connectivity index (χ0n) is 12.8. The predicted octanol–water partition coefficient (Wildman–Crippen LogP) is 5.68. The molecule has 0 radical (unpaired) electrons. The topological polar surface area (TPSA) is 12.5 Å². The zero-order valence-corrected chi connectivity index (χ0v) is 14.3. The van der Waals surface area contributed by atoms with Crippen LogP contribution < -0.4 is 9.64 Å². The summed E-state index contributed by atoms with van der Waals surface area (Å²) in [5.41, 5.74) is 1.22. The van der Waals surface area contributed by atoms with Gasteiger partial charge in [-0.15, -0.1) is 0 Å². The number of halogens is 2. The number of unbranched alkanes of at least 4 members (excludes halogenated alkanes) is 1. The van der Waals surface area contributed by atoms with Crippen LogP contribution in [0.4, 0.5) is 5.69 Å². The SMILES string of the molecule is CCCCN(CCOc1cc(Cl)ccc1Cl)c1ccccc1. The molecule has 118 valence electrons. The minimum atomic E-state index is 0.568. The largest absolute Gasteiger partial charge is 0.490 e. The van der Waals surface area contributed by atoms with E-state index < -0.39 is 0 Å². The van der Waals surface area contributed by atoms with Gasteiger partial charge in [0.15, 0.2) is 0 Å². The Morgan fingerprint density at radius 1 is 1.00 bits per heavy atom. The Morgan fingerprint density at radius 3 is 2.50 bits per heavy atom. The summed E-state index contributed by atoms with van der Waals surface area (Å²) in [4.78, 5) is 2.34. The van der Waals surface area contributed by atoms with Crippen molar-refractivity contribution in [2.75, 3.05) is 24.6 Å². The number of para-hydroxylation sites is 1. The van der Waals surface area contributed by atoms with Crippen LogP contribution in [0.5, 0.6) is 5.75 Å². The van der Waals surface area contributed by atoms with Crippen molar-refractivity contribution < 1.29 is 4.74 Å². The van der Waals surface area contributed by atoms with E-state index in [1.165, 1.54) is 12.1 Å². The highest BCUT2D eigenvalue weighted by Crippen LogP contribution is 2.27. The molecular weight excluding hydrogens is 317 g/mol. The Hall–Kier alpha value is -1.38. The van der Waals surface area contributed by atoms with Gasteiger partial charge in [0.05, 0.1) is 11.6 Å². The Labute approximate surface area is 142 Å². The highest BCUT2D eigenvalue weighted by molar-refractivity contribution is 6.34. The van der Waals surface area contributed by atoms with Crippen molar-refractivity contribution in [3.63, 3.8) is 0 Å². The van der Waals surface area contributed by atoms with Gasteiger partial charge in [-0.05, 0) is 30.7 Å². The molecule has 0 saturated heterocycles. The van der Waals surface area contributed by atoms with E-state index in [2.05, 4.69) is 36.1 Å². The van der Waals surface area contributed by atoms with Crippen LogP contribution in [0.15, 0.2) is 48.5 Å². The van der Waals surface area contributed by atoms with E-state index in [-0.39, 0.29) is 0 Å². The molecule has 0 spiro atoms. The lowest BCUT2D eigenvalue weighted by Crippen LogP contribution is -2.29. The first kappa shape index (κ1) is 17.0. The highest BCUT2D eigenvalue weighted by atomic mass is 35.5. The average molecular weight is 338 g/mol. The number of hydrogen-bond donors (Lipinski definition) is 0. The van der Waals surface area contributed by atoms with E-state index >= 15 is 0 Å². The van der Waals surface area contributed by atoms with Crippen LogP contribution in [0, 0.1) is 0 Å². The summed E-state index contributed by atoms with van der Waals surface area (Å²) in [6.07, 6.45) is 2.33. The van der Waals surface area contributed by atoms with E-state index in [9.17, 15) is 0 Å². The molecule has 4 heteroatoms. The van der Waals surface area contributed by atoms with E-state index in [1.807, 2.05) is 6.07 Å². The number of rotatable bonds is 8. The molecule has 0 fully saturated rings. The number of benzene rings is 2. The van der Waals surface area contributed by atoms with Gasteiger partial charge in [0.2, 0.25) is 0 Å². The first-order valence-corrected chi connectivity index (χ1v) is 8.34. The van der Waals surface area contributed by atoms with Gasteiger partial charge in [-0.2, -0.15) is 0 Å². The summed E-state index contributed by atoms with van der Waals surface area (Å²) in [7, 11) is 0. The smallest absolute Gasteiger partial charge is 0.139 e. The fourth-order valence-corrected chi connectivity index (χ4v) is 2.55. The maximum atomic E-state index is 6.11. The molecule has 0 unspecified atom stereocenters. The third-order valence-corrected chi connectivity index (χ3v) is 3.96. The van der Waals surface area contributed by atoms with Gasteiger partial charge in [0.1, 0.15) is 12.4 Å². The maximum absolute atomic E-state index is 6.11. The van der Waals surface area contributed by atoms with Gasteiger partial charge < -0.3 is 9.64 Å². The lowest BCUT2D eigenvalue weighted by Gasteiger charge is -2.25. The fourth-order valence-electron chi connectivity index (χ4n) is 2.21. The van der Waals surface area contributed by atoms with Crippen LogP contribution in [-0.4, -0.2) is 19.7 Å². The molecule has 0 saturated carbocycles. The second kappa shape index (κ2) is 8.92. The fraction of sp³-hybridized carbons (Fsp3) is 0.333. The molecule has 0 atom stereocenters. The Morgan fingerprint density at radius 2 is 1.77 bits per heavy atom. The standard InChI is InChI=1S/C18H21Cl2NO/c1-2-3-11-21(16-7-5-4-6-8-16)12-13-22-18-14-15(19)9-10-17(18)20/h4-10,14H,2-3,11-13H2,1H3. The van der Waals surface area contributed by atoms with Crippen LogP contribution in [0.1, 0.15) is 19.8 Å². The minimum absolute atomic E-state index is 0.568. The van der Waals surface area contributed by atoms with Crippen molar-refractivity contribution >= 4 is 28.9 Å². The van der Waals surface area contributed by atoms with Crippen LogP contribution in [0.25, 0.3) is 0 Å². The molecule has 0 aliphatic rings. The van der Waals surface area contributed by atoms with Crippen molar-refractivity contribution in [1.82, 2.24) is 0 Å². The predicted molar refractivity (Wildman–Crippen MR) is 95.5 cm³/mol. The summed E-state index contributed by atoms with van der Waals surface area (Å²) < 4.78 is 5.79. The summed E-state index contributed by atoms with van der Waals surface area (Å²) in [6, 6.07) is 15.7. The molecule has 0 heterocycles. The summed E-state index contributed by atoms with van der Waals surface area (Å²) >= 11 is 12.1. The van der Waals surface area contributed by atoms with Crippen LogP contribution in [-0.2, 0) is 0 Å². The van der Waals surface area contributed by atoms with Crippen molar-refractivity contribution in [3.05, 3.63) is 58.6 Å². The molecule has 22 heavy (non-hydrogen) atoms. The van der Waals surface area contributed by atoms with E-state index in [1.54, 1.807) is 18.2 Å². The second-order valence-corrected chi connectivity index (χ2v) is 5.94. The summed E-state index contributed by atoms with van der Waals surface area (Å²) in [5, 5.41) is 1.22. The first-order valence-electron chi connectivity index (χ1n) is 7.58. The minimum Gasteiger partial charge on any atom is -0.490 e. The Kier molecular flexibility index (Phi) is 6.88. The molecule has 2 aromatic carbocycles. The number of nitrogens with zero attached hydrogens (tertiary/aromatic N) is 1. The first-order chi connectivity index (χ1) is 10.7. The lowest BCUT2D eigenvalue weighted by atomic mass is 10.2. The monoisotopic (exact) mass is 337 g/mol. The van der Waals surface area contributed by atoms with Gasteiger partial charge in [-0.25, -0.2) is 0 Å². The second-order valence-electron chi connectivity index (χ2n) is 5.10. The normalized spacial score (nSPS) is 10.5. The highest BCUT2D eigenvalue weighted by Gasteiger charge is 2.07. The third kappa shape index (κ3) is 5.11.